The number of hydrogen-bond acceptors (Lipinski definition) is 4. The largest absolute Gasteiger partial charge is 0.494 e. The van der Waals surface area contributed by atoms with Crippen molar-refractivity contribution in [2.75, 3.05) is 17.9 Å². The summed E-state index contributed by atoms with van der Waals surface area (Å²) in [6, 6.07) is 16.2. The molecule has 3 aromatic carbocycles. The molecular formula is C23H22F2N2O4S. The lowest BCUT2D eigenvalue weighted by molar-refractivity contribution is 0.0952. The molecule has 6 nitrogen and oxygen atoms in total. The van der Waals surface area contributed by atoms with Crippen LogP contribution in [-0.4, -0.2) is 27.5 Å². The average molecular weight is 461 g/mol. The monoisotopic (exact) mass is 460 g/mol. The van der Waals surface area contributed by atoms with Crippen LogP contribution in [0.5, 0.6) is 5.75 Å². The third-order valence-electron chi connectivity index (χ3n) is 4.46. The summed E-state index contributed by atoms with van der Waals surface area (Å²) in [5, 5.41) is 2.76. The van der Waals surface area contributed by atoms with Gasteiger partial charge in [0.15, 0.2) is 0 Å². The second-order valence-electron chi connectivity index (χ2n) is 6.90. The fraction of sp³-hybridized carbons (Fsp3) is 0.174. The first-order chi connectivity index (χ1) is 15.3. The molecular weight excluding hydrogens is 438 g/mol. The second kappa shape index (κ2) is 10.7. The molecule has 0 atom stereocenters. The Kier molecular flexibility index (Phi) is 7.77. The van der Waals surface area contributed by atoms with Gasteiger partial charge in [-0.3, -0.25) is 9.52 Å². The molecule has 168 valence electrons. The van der Waals surface area contributed by atoms with E-state index in [1.54, 1.807) is 12.1 Å². The van der Waals surface area contributed by atoms with Crippen LogP contribution in [0.25, 0.3) is 0 Å². The fourth-order valence-corrected chi connectivity index (χ4v) is 3.83. The van der Waals surface area contributed by atoms with E-state index in [-0.39, 0.29) is 22.3 Å². The maximum atomic E-state index is 13.0. The average Bonchev–Trinajstić information content (AvgIpc) is 2.78. The van der Waals surface area contributed by atoms with Gasteiger partial charge in [0.1, 0.15) is 17.4 Å². The Balaban J connectivity index is 1.43. The lowest BCUT2D eigenvalue weighted by Crippen LogP contribution is -2.24. The minimum Gasteiger partial charge on any atom is -0.494 e. The SMILES string of the molecule is O=C(NCCCCOc1ccc(F)cc1)c1ccc(S(=O)(=O)Nc2ccc(F)cc2)cc1. The topological polar surface area (TPSA) is 84.5 Å². The first kappa shape index (κ1) is 23.2. The molecule has 2 N–H and O–H groups in total. The Morgan fingerprint density at radius 2 is 1.41 bits per heavy atom. The summed E-state index contributed by atoms with van der Waals surface area (Å²) in [6.45, 7) is 0.868. The Bertz CT molecular complexity index is 1130. The molecule has 9 heteroatoms. The Morgan fingerprint density at radius 3 is 2.03 bits per heavy atom. The zero-order valence-electron chi connectivity index (χ0n) is 17.1. The summed E-state index contributed by atoms with van der Waals surface area (Å²) in [5.74, 6) is -0.530. The van der Waals surface area contributed by atoms with Gasteiger partial charge in [0.05, 0.1) is 11.5 Å². The van der Waals surface area contributed by atoms with Crippen LogP contribution in [0.1, 0.15) is 23.2 Å². The number of nitrogens with one attached hydrogen (secondary N) is 2. The molecule has 0 spiro atoms. The normalized spacial score (nSPS) is 11.1. The number of benzene rings is 3. The first-order valence-electron chi connectivity index (χ1n) is 9.88. The van der Waals surface area contributed by atoms with Crippen LogP contribution in [0, 0.1) is 11.6 Å². The predicted octanol–water partition coefficient (Wildman–Crippen LogP) is 4.35. The van der Waals surface area contributed by atoms with Crippen molar-refractivity contribution in [1.82, 2.24) is 5.32 Å². The number of ether oxygens (including phenoxy) is 1. The number of hydrogen-bond donors (Lipinski definition) is 2. The quantitative estimate of drug-likeness (QED) is 0.441. The molecule has 3 aromatic rings. The van der Waals surface area contributed by atoms with Gasteiger partial charge in [-0.2, -0.15) is 0 Å². The van der Waals surface area contributed by atoms with Gasteiger partial charge < -0.3 is 10.1 Å². The number of sulfonamides is 1. The summed E-state index contributed by atoms with van der Waals surface area (Å²) >= 11 is 0. The molecule has 1 amide bonds. The van der Waals surface area contributed by atoms with E-state index in [4.69, 9.17) is 4.74 Å². The van der Waals surface area contributed by atoms with Crippen molar-refractivity contribution in [3.05, 3.63) is 90.0 Å². The van der Waals surface area contributed by atoms with Crippen molar-refractivity contribution in [2.45, 2.75) is 17.7 Å². The number of carbonyl (C=O) groups excluding carboxylic acids is 1. The van der Waals surface area contributed by atoms with Crippen molar-refractivity contribution in [3.63, 3.8) is 0 Å². The number of carbonyl (C=O) groups is 1. The molecule has 0 aromatic heterocycles. The lowest BCUT2D eigenvalue weighted by Gasteiger charge is -2.09. The van der Waals surface area contributed by atoms with E-state index in [0.717, 1.165) is 12.1 Å². The molecule has 0 heterocycles. The smallest absolute Gasteiger partial charge is 0.261 e. The maximum absolute atomic E-state index is 13.0. The highest BCUT2D eigenvalue weighted by Gasteiger charge is 2.15. The zero-order chi connectivity index (χ0) is 23.0. The molecule has 0 aliphatic carbocycles. The fourth-order valence-electron chi connectivity index (χ4n) is 2.77. The summed E-state index contributed by atoms with van der Waals surface area (Å²) in [5.41, 5.74) is 0.560. The van der Waals surface area contributed by atoms with Crippen LogP contribution >= 0.6 is 0 Å². The zero-order valence-corrected chi connectivity index (χ0v) is 17.9. The van der Waals surface area contributed by atoms with Crippen LogP contribution in [0.15, 0.2) is 77.7 Å². The Hall–Kier alpha value is -3.46. The van der Waals surface area contributed by atoms with Gasteiger partial charge in [-0.1, -0.05) is 0 Å². The van der Waals surface area contributed by atoms with Gasteiger partial charge in [-0.25, -0.2) is 17.2 Å². The van der Waals surface area contributed by atoms with E-state index in [9.17, 15) is 22.0 Å². The molecule has 0 fully saturated rings. The number of anilines is 1. The van der Waals surface area contributed by atoms with Gasteiger partial charge in [-0.15, -0.1) is 0 Å². The molecule has 0 radical (unpaired) electrons. The van der Waals surface area contributed by atoms with E-state index in [1.807, 2.05) is 0 Å². The van der Waals surface area contributed by atoms with Gasteiger partial charge in [0, 0.05) is 17.8 Å². The number of amides is 1. The lowest BCUT2D eigenvalue weighted by atomic mass is 10.2. The van der Waals surface area contributed by atoms with E-state index in [1.165, 1.54) is 48.5 Å². The van der Waals surface area contributed by atoms with Crippen molar-refractivity contribution in [1.29, 1.82) is 0 Å². The molecule has 32 heavy (non-hydrogen) atoms. The van der Waals surface area contributed by atoms with Crippen molar-refractivity contribution in [2.24, 2.45) is 0 Å². The van der Waals surface area contributed by atoms with E-state index < -0.39 is 15.8 Å². The molecule has 0 aliphatic heterocycles. The minimum absolute atomic E-state index is 0.0173. The molecule has 0 saturated carbocycles. The van der Waals surface area contributed by atoms with Gasteiger partial charge >= 0.3 is 0 Å². The minimum atomic E-state index is -3.86. The molecule has 3 rings (SSSR count). The van der Waals surface area contributed by atoms with E-state index in [0.29, 0.717) is 37.3 Å². The van der Waals surface area contributed by atoms with Gasteiger partial charge in [0.25, 0.3) is 15.9 Å². The van der Waals surface area contributed by atoms with E-state index in [2.05, 4.69) is 10.0 Å². The standard InChI is InChI=1S/C23H22F2N2O4S/c24-18-5-9-20(10-6-18)27-32(29,30)22-13-3-17(4-14-22)23(28)26-15-1-2-16-31-21-11-7-19(25)8-12-21/h3-14,27H,1-2,15-16H2,(H,26,28). The third kappa shape index (κ3) is 6.78. The number of unbranched alkanes of at least 4 members (excludes halogenated alkanes) is 1. The molecule has 0 saturated heterocycles. The first-order valence-corrected chi connectivity index (χ1v) is 11.4. The van der Waals surface area contributed by atoms with Crippen LogP contribution < -0.4 is 14.8 Å². The number of rotatable bonds is 10. The van der Waals surface area contributed by atoms with Crippen LogP contribution in [0.4, 0.5) is 14.5 Å². The summed E-state index contributed by atoms with van der Waals surface area (Å²) in [7, 11) is -3.86. The maximum Gasteiger partial charge on any atom is 0.261 e. The summed E-state index contributed by atoms with van der Waals surface area (Å²) < 4.78 is 58.5. The van der Waals surface area contributed by atoms with Crippen LogP contribution in [-0.2, 0) is 10.0 Å². The highest BCUT2D eigenvalue weighted by atomic mass is 32.2. The van der Waals surface area contributed by atoms with Crippen molar-refractivity contribution >= 4 is 21.6 Å². The Labute approximate surface area is 185 Å². The summed E-state index contributed by atoms with van der Waals surface area (Å²) in [4.78, 5) is 12.2. The third-order valence-corrected chi connectivity index (χ3v) is 5.86. The number of halogens is 2. The van der Waals surface area contributed by atoms with Crippen LogP contribution in [0.3, 0.4) is 0 Å². The highest BCUT2D eigenvalue weighted by Crippen LogP contribution is 2.17. The Morgan fingerprint density at radius 1 is 0.812 bits per heavy atom. The van der Waals surface area contributed by atoms with Crippen LogP contribution in [0.2, 0.25) is 0 Å². The molecule has 0 unspecified atom stereocenters. The molecule has 0 aliphatic rings. The van der Waals surface area contributed by atoms with E-state index >= 15 is 0 Å². The van der Waals surface area contributed by atoms with Crippen molar-refractivity contribution < 1.29 is 26.7 Å². The predicted molar refractivity (Wildman–Crippen MR) is 117 cm³/mol. The van der Waals surface area contributed by atoms with Gasteiger partial charge in [0.2, 0.25) is 0 Å². The van der Waals surface area contributed by atoms with Crippen molar-refractivity contribution in [3.8, 4) is 5.75 Å². The van der Waals surface area contributed by atoms with Gasteiger partial charge in [-0.05, 0) is 85.6 Å². The second-order valence-corrected chi connectivity index (χ2v) is 8.58. The molecule has 0 bridgehead atoms. The summed E-state index contributed by atoms with van der Waals surface area (Å²) in [6.07, 6.45) is 1.38. The highest BCUT2D eigenvalue weighted by molar-refractivity contribution is 7.92.